The van der Waals surface area contributed by atoms with Crippen LogP contribution >= 0.6 is 35.5 Å². The molecule has 0 aliphatic carbocycles. The number of fused-ring (bicyclic) bond motifs is 1. The molecule has 0 bridgehead atoms. The topological polar surface area (TPSA) is 36.4 Å². The summed E-state index contributed by atoms with van der Waals surface area (Å²) in [6, 6.07) is 10.4. The minimum absolute atomic E-state index is 0. The summed E-state index contributed by atoms with van der Waals surface area (Å²) in [5, 5.41) is 0.749. The van der Waals surface area contributed by atoms with E-state index in [9.17, 15) is 9.18 Å². The zero-order valence-electron chi connectivity index (χ0n) is 18.4. The lowest BCUT2D eigenvalue weighted by atomic mass is 10.1. The molecule has 31 heavy (non-hydrogen) atoms. The van der Waals surface area contributed by atoms with Crippen LogP contribution in [-0.4, -0.2) is 47.7 Å². The third-order valence-electron chi connectivity index (χ3n) is 5.17. The molecule has 0 radical (unpaired) electrons. The molecule has 3 rings (SSSR count). The Morgan fingerprint density at radius 2 is 1.68 bits per heavy atom. The number of hydrogen-bond acceptors (Lipinski definition) is 5. The monoisotopic (exact) mass is 481 g/mol. The number of likely N-dealkylation sites (N-methyl/N-ethyl adjacent to an activating group) is 1. The van der Waals surface area contributed by atoms with Crippen LogP contribution in [0.15, 0.2) is 41.3 Å². The Hall–Kier alpha value is -1.67. The van der Waals surface area contributed by atoms with Gasteiger partial charge in [-0.1, -0.05) is 37.3 Å². The molecular formula is C23H29ClFN3OS2. The fourth-order valence-corrected chi connectivity index (χ4v) is 5.16. The van der Waals surface area contributed by atoms with E-state index in [-0.39, 0.29) is 29.9 Å². The van der Waals surface area contributed by atoms with Crippen LogP contribution in [0, 0.1) is 19.7 Å². The van der Waals surface area contributed by atoms with Crippen molar-refractivity contribution in [2.45, 2.75) is 32.6 Å². The normalized spacial score (nSPS) is 11.0. The van der Waals surface area contributed by atoms with Crippen molar-refractivity contribution in [2.24, 2.45) is 0 Å². The standard InChI is InChI=1S/C23H28FN3OS2.ClH/c1-5-26(6-2)13-14-27(20(28)15-29-19-11-9-18(24)10-12-19)23-25-21-16(3)7-8-17(4)22(21)30-23;/h7-12H,5-6,13-15H2,1-4H3;1H. The first-order valence-corrected chi connectivity index (χ1v) is 12.0. The van der Waals surface area contributed by atoms with E-state index in [2.05, 4.69) is 44.7 Å². The summed E-state index contributed by atoms with van der Waals surface area (Å²) in [5.41, 5.74) is 3.27. The van der Waals surface area contributed by atoms with E-state index in [0.717, 1.165) is 45.4 Å². The summed E-state index contributed by atoms with van der Waals surface area (Å²) in [4.78, 5) is 23.0. The van der Waals surface area contributed by atoms with Crippen LogP contribution in [0.25, 0.3) is 10.2 Å². The quantitative estimate of drug-likeness (QED) is 0.354. The highest BCUT2D eigenvalue weighted by Gasteiger charge is 2.21. The van der Waals surface area contributed by atoms with Crippen molar-refractivity contribution in [3.05, 3.63) is 53.3 Å². The molecule has 0 fully saturated rings. The third kappa shape index (κ3) is 6.42. The SMILES string of the molecule is CCN(CC)CCN(C(=O)CSc1ccc(F)cc1)c1nc2c(C)ccc(C)c2s1.Cl. The smallest absolute Gasteiger partial charge is 0.239 e. The number of aryl methyl sites for hydroxylation is 2. The Labute approximate surface area is 198 Å². The van der Waals surface area contributed by atoms with Crippen molar-refractivity contribution in [3.8, 4) is 0 Å². The van der Waals surface area contributed by atoms with E-state index >= 15 is 0 Å². The van der Waals surface area contributed by atoms with E-state index in [1.807, 2.05) is 4.90 Å². The molecule has 0 atom stereocenters. The number of aromatic nitrogens is 1. The summed E-state index contributed by atoms with van der Waals surface area (Å²) in [7, 11) is 0. The maximum absolute atomic E-state index is 13.2. The fraction of sp³-hybridized carbons (Fsp3) is 0.391. The molecule has 0 unspecified atom stereocenters. The fourth-order valence-electron chi connectivity index (χ4n) is 3.23. The first-order chi connectivity index (χ1) is 14.4. The summed E-state index contributed by atoms with van der Waals surface area (Å²) in [6.07, 6.45) is 0. The molecule has 1 heterocycles. The highest BCUT2D eigenvalue weighted by Crippen LogP contribution is 2.33. The number of hydrogen-bond donors (Lipinski definition) is 0. The van der Waals surface area contributed by atoms with Crippen molar-refractivity contribution in [1.82, 2.24) is 9.88 Å². The van der Waals surface area contributed by atoms with Gasteiger partial charge in [0.2, 0.25) is 5.91 Å². The number of halogens is 2. The van der Waals surface area contributed by atoms with Gasteiger partial charge in [0.15, 0.2) is 5.13 Å². The number of carbonyl (C=O) groups is 1. The van der Waals surface area contributed by atoms with Gasteiger partial charge in [-0.2, -0.15) is 0 Å². The van der Waals surface area contributed by atoms with E-state index in [1.165, 1.54) is 29.5 Å². The van der Waals surface area contributed by atoms with Crippen molar-refractivity contribution < 1.29 is 9.18 Å². The minimum Gasteiger partial charge on any atom is -0.302 e. The molecule has 1 aromatic heterocycles. The lowest BCUT2D eigenvalue weighted by Gasteiger charge is -2.24. The zero-order valence-corrected chi connectivity index (χ0v) is 20.8. The van der Waals surface area contributed by atoms with Gasteiger partial charge in [-0.3, -0.25) is 9.69 Å². The van der Waals surface area contributed by atoms with Gasteiger partial charge in [-0.25, -0.2) is 9.37 Å². The molecule has 0 spiro atoms. The molecular weight excluding hydrogens is 453 g/mol. The van der Waals surface area contributed by atoms with E-state index in [0.29, 0.717) is 6.54 Å². The minimum atomic E-state index is -0.272. The number of nitrogens with zero attached hydrogens (tertiary/aromatic N) is 3. The molecule has 2 aromatic carbocycles. The Bertz CT molecular complexity index is 967. The molecule has 0 aliphatic rings. The van der Waals surface area contributed by atoms with Crippen LogP contribution in [0.5, 0.6) is 0 Å². The Morgan fingerprint density at radius 1 is 1.03 bits per heavy atom. The molecule has 0 aliphatic heterocycles. The average Bonchev–Trinajstić information content (AvgIpc) is 3.20. The largest absolute Gasteiger partial charge is 0.302 e. The second-order valence-electron chi connectivity index (χ2n) is 7.19. The van der Waals surface area contributed by atoms with Crippen LogP contribution in [0.3, 0.4) is 0 Å². The van der Waals surface area contributed by atoms with Gasteiger partial charge >= 0.3 is 0 Å². The van der Waals surface area contributed by atoms with Crippen LogP contribution < -0.4 is 4.90 Å². The molecule has 0 N–H and O–H groups in total. The maximum atomic E-state index is 13.2. The van der Waals surface area contributed by atoms with E-state index < -0.39 is 0 Å². The maximum Gasteiger partial charge on any atom is 0.239 e. The summed E-state index contributed by atoms with van der Waals surface area (Å²) < 4.78 is 14.3. The molecule has 3 aromatic rings. The second kappa shape index (κ2) is 11.8. The third-order valence-corrected chi connectivity index (χ3v) is 7.38. The van der Waals surface area contributed by atoms with Crippen LogP contribution in [0.4, 0.5) is 9.52 Å². The Balaban J connectivity index is 0.00000341. The van der Waals surface area contributed by atoms with Crippen molar-refractivity contribution in [1.29, 1.82) is 0 Å². The van der Waals surface area contributed by atoms with Gasteiger partial charge in [-0.05, 0) is 62.3 Å². The van der Waals surface area contributed by atoms with Crippen LogP contribution in [0.1, 0.15) is 25.0 Å². The van der Waals surface area contributed by atoms with Gasteiger partial charge < -0.3 is 4.90 Å². The van der Waals surface area contributed by atoms with Crippen LogP contribution in [0.2, 0.25) is 0 Å². The molecule has 0 saturated heterocycles. The van der Waals surface area contributed by atoms with E-state index in [4.69, 9.17) is 4.98 Å². The van der Waals surface area contributed by atoms with Crippen molar-refractivity contribution >= 4 is 56.8 Å². The number of rotatable bonds is 9. The number of carbonyl (C=O) groups excluding carboxylic acids is 1. The summed E-state index contributed by atoms with van der Waals surface area (Å²) >= 11 is 3.01. The van der Waals surface area contributed by atoms with Gasteiger partial charge in [0.25, 0.3) is 0 Å². The zero-order chi connectivity index (χ0) is 21.7. The predicted octanol–water partition coefficient (Wildman–Crippen LogP) is 5.94. The molecule has 4 nitrogen and oxygen atoms in total. The van der Waals surface area contributed by atoms with Gasteiger partial charge in [0, 0.05) is 18.0 Å². The average molecular weight is 482 g/mol. The lowest BCUT2D eigenvalue weighted by Crippen LogP contribution is -2.39. The van der Waals surface area contributed by atoms with Crippen LogP contribution in [-0.2, 0) is 4.79 Å². The summed E-state index contributed by atoms with van der Waals surface area (Å²) in [6.45, 7) is 11.7. The Kier molecular flexibility index (Phi) is 9.75. The highest BCUT2D eigenvalue weighted by molar-refractivity contribution is 8.00. The number of thioether (sulfide) groups is 1. The van der Waals surface area contributed by atoms with Crippen molar-refractivity contribution in [3.63, 3.8) is 0 Å². The molecule has 1 amide bonds. The van der Waals surface area contributed by atoms with Gasteiger partial charge in [-0.15, -0.1) is 24.2 Å². The van der Waals surface area contributed by atoms with Gasteiger partial charge in [0.1, 0.15) is 5.82 Å². The molecule has 168 valence electrons. The highest BCUT2D eigenvalue weighted by atomic mass is 35.5. The predicted molar refractivity (Wildman–Crippen MR) is 134 cm³/mol. The first kappa shape index (κ1) is 25.6. The number of thiazole rings is 1. The van der Waals surface area contributed by atoms with Gasteiger partial charge in [0.05, 0.1) is 16.0 Å². The molecule has 8 heteroatoms. The number of benzene rings is 2. The number of anilines is 1. The summed E-state index contributed by atoms with van der Waals surface area (Å²) in [5.74, 6) is 0.0372. The first-order valence-electron chi connectivity index (χ1n) is 10.2. The number of amides is 1. The van der Waals surface area contributed by atoms with E-state index in [1.54, 1.807) is 23.5 Å². The lowest BCUT2D eigenvalue weighted by molar-refractivity contribution is -0.116. The second-order valence-corrected chi connectivity index (χ2v) is 9.21. The van der Waals surface area contributed by atoms with Crippen molar-refractivity contribution in [2.75, 3.05) is 36.8 Å². The Morgan fingerprint density at radius 3 is 2.29 bits per heavy atom. The molecule has 0 saturated carbocycles.